The number of halogens is 1. The van der Waals surface area contributed by atoms with Crippen molar-refractivity contribution in [3.05, 3.63) is 18.2 Å². The van der Waals surface area contributed by atoms with E-state index in [4.69, 9.17) is 0 Å². The minimum absolute atomic E-state index is 0. The Kier molecular flexibility index (Phi) is 9.07. The number of rotatable bonds is 10. The minimum Gasteiger partial charge on any atom is -0.303 e. The molecule has 0 fully saturated rings. The zero-order chi connectivity index (χ0) is 16.7. The molecule has 0 amide bonds. The molecular weight excluding hydrogens is 368 g/mol. The number of nitrogens with one attached hydrogen (secondary N) is 1. The molecule has 0 saturated carbocycles. The van der Waals surface area contributed by atoms with Crippen LogP contribution in [0, 0.1) is 0 Å². The van der Waals surface area contributed by atoms with Gasteiger partial charge in [-0.2, -0.15) is 8.75 Å². The number of aromatic nitrogens is 2. The lowest BCUT2D eigenvalue weighted by atomic mass is 10.3. The maximum absolute atomic E-state index is 12.5. The van der Waals surface area contributed by atoms with E-state index in [1.165, 1.54) is 0 Å². The standard InChI is InChI=1S/C15H24N4O2S2.ClH/c1-3-10-19(11-4-2)12-6-9-16-23(20,21)14-8-5-7-13-15(14)18-22-17-13;/h5,7-8,16H,3-4,6,9-12H2,1-2H3;1H. The van der Waals surface area contributed by atoms with E-state index in [-0.39, 0.29) is 17.3 Å². The highest BCUT2D eigenvalue weighted by molar-refractivity contribution is 7.89. The first kappa shape index (κ1) is 21.2. The van der Waals surface area contributed by atoms with E-state index >= 15 is 0 Å². The van der Waals surface area contributed by atoms with Gasteiger partial charge in [0.05, 0.1) is 11.7 Å². The van der Waals surface area contributed by atoms with E-state index in [0.29, 0.717) is 17.6 Å². The summed E-state index contributed by atoms with van der Waals surface area (Å²) in [6.45, 7) is 7.78. The number of nitrogens with zero attached hydrogens (tertiary/aromatic N) is 3. The summed E-state index contributed by atoms with van der Waals surface area (Å²) in [5, 5.41) is 0. The second-order valence-corrected chi connectivity index (χ2v) is 7.74. The van der Waals surface area contributed by atoms with Crippen LogP contribution in [0.2, 0.25) is 0 Å². The summed E-state index contributed by atoms with van der Waals surface area (Å²) >= 11 is 1.03. The Morgan fingerprint density at radius 3 is 2.50 bits per heavy atom. The lowest BCUT2D eigenvalue weighted by Crippen LogP contribution is -2.31. The molecule has 2 rings (SSSR count). The fourth-order valence-electron chi connectivity index (χ4n) is 2.55. The quantitative estimate of drug-likeness (QED) is 0.629. The van der Waals surface area contributed by atoms with Crippen molar-refractivity contribution < 1.29 is 8.42 Å². The zero-order valence-corrected chi connectivity index (χ0v) is 16.5. The summed E-state index contributed by atoms with van der Waals surface area (Å²) in [6.07, 6.45) is 3.03. The average molecular weight is 393 g/mol. The smallest absolute Gasteiger partial charge is 0.242 e. The predicted molar refractivity (Wildman–Crippen MR) is 101 cm³/mol. The van der Waals surface area contributed by atoms with Crippen molar-refractivity contribution in [1.82, 2.24) is 18.4 Å². The summed E-state index contributed by atoms with van der Waals surface area (Å²) < 4.78 is 35.8. The molecule has 0 radical (unpaired) electrons. The summed E-state index contributed by atoms with van der Waals surface area (Å²) in [6, 6.07) is 5.04. The molecular formula is C15H25ClN4O2S2. The molecule has 0 spiro atoms. The molecule has 1 heterocycles. The van der Waals surface area contributed by atoms with E-state index in [2.05, 4.69) is 32.2 Å². The van der Waals surface area contributed by atoms with Gasteiger partial charge in [-0.25, -0.2) is 13.1 Å². The largest absolute Gasteiger partial charge is 0.303 e. The number of hydrogen-bond donors (Lipinski definition) is 1. The fourth-order valence-corrected chi connectivity index (χ4v) is 4.39. The molecule has 0 atom stereocenters. The molecule has 0 aliphatic carbocycles. The lowest BCUT2D eigenvalue weighted by Gasteiger charge is -2.20. The first-order valence-corrected chi connectivity index (χ1v) is 10.2. The highest BCUT2D eigenvalue weighted by Crippen LogP contribution is 2.20. The van der Waals surface area contributed by atoms with Gasteiger partial charge in [-0.15, -0.1) is 12.4 Å². The summed E-state index contributed by atoms with van der Waals surface area (Å²) in [4.78, 5) is 2.59. The van der Waals surface area contributed by atoms with E-state index in [1.54, 1.807) is 18.2 Å². The van der Waals surface area contributed by atoms with Crippen molar-refractivity contribution in [3.8, 4) is 0 Å². The topological polar surface area (TPSA) is 75.2 Å². The van der Waals surface area contributed by atoms with Crippen molar-refractivity contribution >= 4 is 45.2 Å². The van der Waals surface area contributed by atoms with Crippen LogP contribution < -0.4 is 4.72 Å². The molecule has 6 nitrogen and oxygen atoms in total. The number of fused-ring (bicyclic) bond motifs is 1. The maximum Gasteiger partial charge on any atom is 0.242 e. The molecule has 24 heavy (non-hydrogen) atoms. The number of benzene rings is 1. The maximum atomic E-state index is 12.5. The molecule has 9 heteroatoms. The molecule has 1 aromatic carbocycles. The summed E-state index contributed by atoms with van der Waals surface area (Å²) in [7, 11) is -3.54. The van der Waals surface area contributed by atoms with Gasteiger partial charge in [-0.1, -0.05) is 19.9 Å². The monoisotopic (exact) mass is 392 g/mol. The van der Waals surface area contributed by atoms with Crippen LogP contribution in [-0.2, 0) is 10.0 Å². The van der Waals surface area contributed by atoms with Gasteiger partial charge in [0.15, 0.2) is 0 Å². The Morgan fingerprint density at radius 2 is 1.83 bits per heavy atom. The van der Waals surface area contributed by atoms with Crippen LogP contribution in [0.1, 0.15) is 33.1 Å². The molecule has 2 aromatic rings. The second-order valence-electron chi connectivity index (χ2n) is 5.48. The third-order valence-corrected chi connectivity index (χ3v) is 5.60. The van der Waals surface area contributed by atoms with Gasteiger partial charge in [0, 0.05) is 6.54 Å². The van der Waals surface area contributed by atoms with Gasteiger partial charge in [0.25, 0.3) is 0 Å². The van der Waals surface area contributed by atoms with Crippen LogP contribution in [-0.4, -0.2) is 48.2 Å². The molecule has 0 unspecified atom stereocenters. The normalized spacial score (nSPS) is 11.8. The Bertz CT molecular complexity index is 715. The Labute approximate surface area is 154 Å². The summed E-state index contributed by atoms with van der Waals surface area (Å²) in [5.41, 5.74) is 1.07. The first-order chi connectivity index (χ1) is 11.1. The molecule has 1 N–H and O–H groups in total. The fraction of sp³-hybridized carbons (Fsp3) is 0.600. The Morgan fingerprint density at radius 1 is 1.12 bits per heavy atom. The first-order valence-electron chi connectivity index (χ1n) is 8.01. The van der Waals surface area contributed by atoms with E-state index in [9.17, 15) is 8.42 Å². The van der Waals surface area contributed by atoms with Gasteiger partial charge in [-0.3, -0.25) is 0 Å². The molecule has 0 aliphatic rings. The highest BCUT2D eigenvalue weighted by Gasteiger charge is 2.18. The molecule has 0 saturated heterocycles. The van der Waals surface area contributed by atoms with Crippen LogP contribution >= 0.6 is 24.1 Å². The third kappa shape index (κ3) is 5.63. The van der Waals surface area contributed by atoms with Crippen molar-refractivity contribution in [2.75, 3.05) is 26.2 Å². The van der Waals surface area contributed by atoms with Crippen LogP contribution in [0.25, 0.3) is 11.0 Å². The third-order valence-electron chi connectivity index (χ3n) is 3.56. The molecule has 1 aromatic heterocycles. The van der Waals surface area contributed by atoms with Gasteiger partial charge in [0.2, 0.25) is 10.0 Å². The second kappa shape index (κ2) is 10.2. The highest BCUT2D eigenvalue weighted by atomic mass is 35.5. The van der Waals surface area contributed by atoms with E-state index < -0.39 is 10.0 Å². The van der Waals surface area contributed by atoms with Crippen molar-refractivity contribution in [3.63, 3.8) is 0 Å². The van der Waals surface area contributed by atoms with Gasteiger partial charge < -0.3 is 4.90 Å². The number of sulfonamides is 1. The molecule has 136 valence electrons. The van der Waals surface area contributed by atoms with Crippen LogP contribution in [0.15, 0.2) is 23.1 Å². The van der Waals surface area contributed by atoms with Gasteiger partial charge in [0.1, 0.15) is 15.9 Å². The van der Waals surface area contributed by atoms with Crippen LogP contribution in [0.4, 0.5) is 0 Å². The van der Waals surface area contributed by atoms with Crippen LogP contribution in [0.3, 0.4) is 0 Å². The lowest BCUT2D eigenvalue weighted by molar-refractivity contribution is 0.272. The predicted octanol–water partition coefficient (Wildman–Crippen LogP) is 2.90. The molecule has 0 bridgehead atoms. The Hall–Kier alpha value is -0.800. The van der Waals surface area contributed by atoms with Crippen molar-refractivity contribution in [1.29, 1.82) is 0 Å². The van der Waals surface area contributed by atoms with Crippen molar-refractivity contribution in [2.24, 2.45) is 0 Å². The number of hydrogen-bond acceptors (Lipinski definition) is 6. The summed E-state index contributed by atoms with van der Waals surface area (Å²) in [5.74, 6) is 0. The van der Waals surface area contributed by atoms with Crippen LogP contribution in [0.5, 0.6) is 0 Å². The molecule has 0 aliphatic heterocycles. The zero-order valence-electron chi connectivity index (χ0n) is 14.1. The van der Waals surface area contributed by atoms with Crippen molar-refractivity contribution in [2.45, 2.75) is 38.0 Å². The Balaban J connectivity index is 0.00000288. The average Bonchev–Trinajstić information content (AvgIpc) is 3.00. The van der Waals surface area contributed by atoms with Gasteiger partial charge in [-0.05, 0) is 51.0 Å². The SMILES string of the molecule is CCCN(CCC)CCCNS(=O)(=O)c1cccc2nsnc12.Cl. The minimum atomic E-state index is -3.54. The van der Waals surface area contributed by atoms with E-state index in [0.717, 1.165) is 50.6 Å². The van der Waals surface area contributed by atoms with Gasteiger partial charge >= 0.3 is 0 Å². The van der Waals surface area contributed by atoms with E-state index in [1.807, 2.05) is 0 Å².